The Morgan fingerprint density at radius 1 is 1.28 bits per heavy atom. The van der Waals surface area contributed by atoms with E-state index < -0.39 is 11.0 Å². The lowest BCUT2D eigenvalue weighted by Crippen LogP contribution is -2.39. The van der Waals surface area contributed by atoms with E-state index in [1.165, 1.54) is 11.1 Å². The molecule has 0 amide bonds. The van der Waals surface area contributed by atoms with Gasteiger partial charge in [-0.05, 0) is 76.3 Å². The third-order valence-electron chi connectivity index (χ3n) is 5.97. The molecular weight excluding hydrogens is 364 g/mol. The minimum Gasteiger partial charge on any atom is -0.467 e. The molecule has 4 nitrogen and oxygen atoms in total. The molecule has 2 rings (SSSR count). The van der Waals surface area contributed by atoms with Gasteiger partial charge in [-0.15, -0.1) is 0 Å². The standard InChI is InChI=1S/C25H36O4/c1-7-19-8-10-20(11-9-19)22-14-25(16-28-17-26,13-12-21(22)18(2)3)15-23(27)29-24(4,5)6/h8-11,17,21-22H,2,7,12-16H2,1,3-6H3/t21-,22-,25-/m0/s1. The number of aryl methyl sites for hydroxylation is 1. The van der Waals surface area contributed by atoms with Crippen LogP contribution in [0.25, 0.3) is 0 Å². The van der Waals surface area contributed by atoms with Crippen molar-refractivity contribution in [1.82, 2.24) is 0 Å². The Morgan fingerprint density at radius 2 is 1.93 bits per heavy atom. The molecule has 1 aliphatic carbocycles. The van der Waals surface area contributed by atoms with E-state index in [1.807, 2.05) is 20.8 Å². The molecule has 0 heterocycles. The van der Waals surface area contributed by atoms with Crippen LogP contribution in [-0.4, -0.2) is 24.6 Å². The van der Waals surface area contributed by atoms with Crippen LogP contribution in [0.15, 0.2) is 36.4 Å². The highest BCUT2D eigenvalue weighted by Crippen LogP contribution is 2.51. The van der Waals surface area contributed by atoms with Crippen LogP contribution in [-0.2, 0) is 25.5 Å². The highest BCUT2D eigenvalue weighted by Gasteiger charge is 2.44. The van der Waals surface area contributed by atoms with Crippen LogP contribution in [0, 0.1) is 11.3 Å². The van der Waals surface area contributed by atoms with Gasteiger partial charge in [0.2, 0.25) is 0 Å². The van der Waals surface area contributed by atoms with Crippen molar-refractivity contribution in [3.05, 3.63) is 47.5 Å². The zero-order valence-corrected chi connectivity index (χ0v) is 18.6. The first-order chi connectivity index (χ1) is 13.6. The second-order valence-electron chi connectivity index (χ2n) is 9.57. The van der Waals surface area contributed by atoms with E-state index in [1.54, 1.807) is 0 Å². The summed E-state index contributed by atoms with van der Waals surface area (Å²) in [5, 5.41) is 0. The molecule has 1 aromatic carbocycles. The fraction of sp³-hybridized carbons (Fsp3) is 0.600. The van der Waals surface area contributed by atoms with Crippen LogP contribution in [0.5, 0.6) is 0 Å². The minimum absolute atomic E-state index is 0.235. The van der Waals surface area contributed by atoms with Gasteiger partial charge in [0.15, 0.2) is 0 Å². The average molecular weight is 401 g/mol. The van der Waals surface area contributed by atoms with E-state index in [0.29, 0.717) is 12.4 Å². The van der Waals surface area contributed by atoms with Crippen molar-refractivity contribution in [2.24, 2.45) is 11.3 Å². The fourth-order valence-corrected chi connectivity index (χ4v) is 4.55. The Morgan fingerprint density at radius 3 is 2.45 bits per heavy atom. The molecule has 0 bridgehead atoms. The monoisotopic (exact) mass is 400 g/mol. The molecular formula is C25H36O4. The number of esters is 1. The van der Waals surface area contributed by atoms with Gasteiger partial charge in [-0.2, -0.15) is 0 Å². The number of hydrogen-bond acceptors (Lipinski definition) is 4. The lowest BCUT2D eigenvalue weighted by molar-refractivity contribution is -0.161. The molecule has 160 valence electrons. The minimum atomic E-state index is -0.534. The second kappa shape index (κ2) is 9.60. The largest absolute Gasteiger partial charge is 0.467 e. The molecule has 29 heavy (non-hydrogen) atoms. The summed E-state index contributed by atoms with van der Waals surface area (Å²) in [6.45, 7) is 14.8. The molecule has 0 radical (unpaired) electrons. The van der Waals surface area contributed by atoms with Gasteiger partial charge in [0, 0.05) is 5.41 Å². The normalized spacial score (nSPS) is 24.6. The van der Waals surface area contributed by atoms with E-state index in [9.17, 15) is 9.59 Å². The lowest BCUT2D eigenvalue weighted by atomic mass is 9.61. The summed E-state index contributed by atoms with van der Waals surface area (Å²) in [5.41, 5.74) is 2.78. The molecule has 0 aliphatic heterocycles. The number of ether oxygens (including phenoxy) is 2. The quantitative estimate of drug-likeness (QED) is 0.324. The molecule has 0 unspecified atom stereocenters. The van der Waals surface area contributed by atoms with Crippen LogP contribution in [0.2, 0.25) is 0 Å². The van der Waals surface area contributed by atoms with E-state index in [-0.39, 0.29) is 24.9 Å². The Hall–Kier alpha value is -2.10. The van der Waals surface area contributed by atoms with Crippen LogP contribution >= 0.6 is 0 Å². The van der Waals surface area contributed by atoms with Crippen molar-refractivity contribution in [3.63, 3.8) is 0 Å². The summed E-state index contributed by atoms with van der Waals surface area (Å²) < 4.78 is 10.8. The molecule has 3 atom stereocenters. The number of benzene rings is 1. The first kappa shape index (κ1) is 23.2. The number of allylic oxidation sites excluding steroid dienone is 1. The van der Waals surface area contributed by atoms with E-state index in [2.05, 4.69) is 44.7 Å². The molecule has 4 heteroatoms. The van der Waals surface area contributed by atoms with Crippen molar-refractivity contribution in [2.75, 3.05) is 6.61 Å². The predicted molar refractivity (Wildman–Crippen MR) is 116 cm³/mol. The summed E-state index contributed by atoms with van der Waals surface area (Å²) >= 11 is 0. The molecule has 1 fully saturated rings. The Bertz CT molecular complexity index is 713. The zero-order chi connectivity index (χ0) is 21.7. The third kappa shape index (κ3) is 6.45. The maximum Gasteiger partial charge on any atom is 0.307 e. The lowest BCUT2D eigenvalue weighted by Gasteiger charge is -2.44. The summed E-state index contributed by atoms with van der Waals surface area (Å²) in [4.78, 5) is 23.6. The van der Waals surface area contributed by atoms with Gasteiger partial charge in [0.05, 0.1) is 13.0 Å². The van der Waals surface area contributed by atoms with E-state index in [4.69, 9.17) is 9.47 Å². The molecule has 0 saturated heterocycles. The molecule has 0 aromatic heterocycles. The first-order valence-corrected chi connectivity index (χ1v) is 10.6. The van der Waals surface area contributed by atoms with Gasteiger partial charge < -0.3 is 9.47 Å². The Labute approximate surface area is 175 Å². The highest BCUT2D eigenvalue weighted by molar-refractivity contribution is 5.71. The van der Waals surface area contributed by atoms with Crippen molar-refractivity contribution in [2.45, 2.75) is 78.2 Å². The third-order valence-corrected chi connectivity index (χ3v) is 5.97. The van der Waals surface area contributed by atoms with Gasteiger partial charge >= 0.3 is 5.97 Å². The van der Waals surface area contributed by atoms with Gasteiger partial charge in [0.1, 0.15) is 5.60 Å². The fourth-order valence-electron chi connectivity index (χ4n) is 4.55. The van der Waals surface area contributed by atoms with Crippen molar-refractivity contribution in [3.8, 4) is 0 Å². The smallest absolute Gasteiger partial charge is 0.307 e. The number of hydrogen-bond donors (Lipinski definition) is 0. The van der Waals surface area contributed by atoms with Crippen LogP contribution in [0.3, 0.4) is 0 Å². The molecule has 1 aliphatic rings. The Balaban J connectivity index is 2.32. The number of carbonyl (C=O) groups is 2. The Kier molecular flexibility index (Phi) is 7.67. The van der Waals surface area contributed by atoms with Crippen LogP contribution in [0.1, 0.15) is 77.3 Å². The predicted octanol–water partition coefficient (Wildman–Crippen LogP) is 5.60. The zero-order valence-electron chi connectivity index (χ0n) is 18.6. The topological polar surface area (TPSA) is 52.6 Å². The SMILES string of the molecule is C=C(C)[C@@H]1CC[C@@](COC=O)(CC(=O)OC(C)(C)C)C[C@H]1c1ccc(CC)cc1. The van der Waals surface area contributed by atoms with Gasteiger partial charge in [-0.1, -0.05) is 43.3 Å². The van der Waals surface area contributed by atoms with Crippen molar-refractivity contribution >= 4 is 12.4 Å². The maximum absolute atomic E-state index is 12.7. The average Bonchev–Trinajstić information content (AvgIpc) is 2.64. The second-order valence-corrected chi connectivity index (χ2v) is 9.57. The van der Waals surface area contributed by atoms with Gasteiger partial charge in [-0.3, -0.25) is 9.59 Å². The highest BCUT2D eigenvalue weighted by atomic mass is 16.6. The van der Waals surface area contributed by atoms with E-state index >= 15 is 0 Å². The van der Waals surface area contributed by atoms with Gasteiger partial charge in [-0.25, -0.2) is 0 Å². The molecule has 0 N–H and O–H groups in total. The van der Waals surface area contributed by atoms with Crippen molar-refractivity contribution < 1.29 is 19.1 Å². The van der Waals surface area contributed by atoms with Crippen molar-refractivity contribution in [1.29, 1.82) is 0 Å². The number of carbonyl (C=O) groups excluding carboxylic acids is 2. The molecule has 1 aromatic rings. The van der Waals surface area contributed by atoms with Crippen LogP contribution < -0.4 is 0 Å². The summed E-state index contributed by atoms with van der Waals surface area (Å²) in [5.74, 6) is 0.358. The van der Waals surface area contributed by atoms with Gasteiger partial charge in [0.25, 0.3) is 6.47 Å². The van der Waals surface area contributed by atoms with Crippen LogP contribution in [0.4, 0.5) is 0 Å². The summed E-state index contributed by atoms with van der Waals surface area (Å²) in [6.07, 6.45) is 3.75. The summed E-state index contributed by atoms with van der Waals surface area (Å²) in [6, 6.07) is 8.75. The summed E-state index contributed by atoms with van der Waals surface area (Å²) in [7, 11) is 0. The molecule has 1 saturated carbocycles. The molecule has 0 spiro atoms. The van der Waals surface area contributed by atoms with E-state index in [0.717, 1.165) is 31.3 Å². The maximum atomic E-state index is 12.7. The number of rotatable bonds is 8. The first-order valence-electron chi connectivity index (χ1n) is 10.6.